The first-order valence-electron chi connectivity index (χ1n) is 14.4. The van der Waals surface area contributed by atoms with Gasteiger partial charge in [0.25, 0.3) is 11.5 Å². The van der Waals surface area contributed by atoms with Gasteiger partial charge < -0.3 is 68.6 Å². The fourth-order valence-corrected chi connectivity index (χ4v) is 6.20. The Labute approximate surface area is 246 Å². The van der Waals surface area contributed by atoms with Crippen molar-refractivity contribution in [3.8, 4) is 0 Å². The van der Waals surface area contributed by atoms with Crippen LogP contribution in [0.2, 0.25) is 0 Å². The maximum atomic E-state index is 12.7. The molecule has 18 nitrogen and oxygen atoms in total. The number of aliphatic hydroxyl groups is 5. The van der Waals surface area contributed by atoms with Crippen molar-refractivity contribution < 1.29 is 39.8 Å². The molecule has 16 N–H and O–H groups in total. The highest BCUT2D eigenvalue weighted by Crippen LogP contribution is 2.34. The van der Waals surface area contributed by atoms with Crippen molar-refractivity contribution in [1.82, 2.24) is 20.2 Å². The highest BCUT2D eigenvalue weighted by Gasteiger charge is 2.52. The molecule has 43 heavy (non-hydrogen) atoms. The minimum atomic E-state index is -1.62. The predicted octanol–water partition coefficient (Wildman–Crippen LogP) is -7.18. The number of hydrogen-bond acceptors (Lipinski definition) is 15. The Morgan fingerprint density at radius 3 is 2.33 bits per heavy atom. The summed E-state index contributed by atoms with van der Waals surface area (Å²) < 4.78 is 12.3. The number of H-pyrrole nitrogens is 1. The molecular weight excluding hydrogens is 572 g/mol. The van der Waals surface area contributed by atoms with Crippen molar-refractivity contribution in [2.75, 3.05) is 19.6 Å². The van der Waals surface area contributed by atoms with Crippen LogP contribution in [0.25, 0.3) is 0 Å². The molecule has 0 spiro atoms. The quantitative estimate of drug-likeness (QED) is 0.109. The number of aliphatic hydroxyl groups excluding tert-OH is 5. The predicted molar refractivity (Wildman–Crippen MR) is 149 cm³/mol. The summed E-state index contributed by atoms with van der Waals surface area (Å²) in [5.41, 5.74) is 23.0. The molecule has 0 bridgehead atoms. The zero-order valence-corrected chi connectivity index (χ0v) is 23.5. The van der Waals surface area contributed by atoms with E-state index in [0.29, 0.717) is 19.4 Å². The van der Waals surface area contributed by atoms with Gasteiger partial charge in [-0.2, -0.15) is 0 Å². The molecule has 2 saturated heterocycles. The van der Waals surface area contributed by atoms with E-state index < -0.39 is 102 Å². The average Bonchev–Trinajstić information content (AvgIpc) is 3.26. The number of hydrogen-bond donors (Lipinski definition) is 12. The maximum absolute atomic E-state index is 12.7. The lowest BCUT2D eigenvalue weighted by Crippen LogP contribution is -2.72. The molecule has 3 heterocycles. The van der Waals surface area contributed by atoms with E-state index in [1.807, 2.05) is 4.98 Å². The molecule has 0 unspecified atom stereocenters. The van der Waals surface area contributed by atoms with Crippen molar-refractivity contribution in [1.29, 1.82) is 0 Å². The topological polar surface area (TPSA) is 320 Å². The summed E-state index contributed by atoms with van der Waals surface area (Å²) in [5, 5.41) is 58.2. The first-order chi connectivity index (χ1) is 20.4. The highest BCUT2D eigenvalue weighted by molar-refractivity contribution is 5.81. The van der Waals surface area contributed by atoms with Gasteiger partial charge in [0.15, 0.2) is 12.3 Å². The van der Waals surface area contributed by atoms with Crippen molar-refractivity contribution in [2.24, 2.45) is 28.9 Å². The molecule has 0 aromatic carbocycles. The van der Waals surface area contributed by atoms with Crippen LogP contribution in [0.15, 0.2) is 21.9 Å². The van der Waals surface area contributed by atoms with Crippen molar-refractivity contribution in [3.05, 3.63) is 33.1 Å². The maximum Gasteiger partial charge on any atom is 0.330 e. The number of aromatic nitrogens is 2. The van der Waals surface area contributed by atoms with Gasteiger partial charge in [-0.15, -0.1) is 0 Å². The highest BCUT2D eigenvalue weighted by atomic mass is 16.6. The minimum Gasteiger partial charge on any atom is -0.390 e. The molecular formula is C25H44N8O10. The van der Waals surface area contributed by atoms with E-state index >= 15 is 0 Å². The second-order valence-electron chi connectivity index (χ2n) is 11.5. The third-order valence-electron chi connectivity index (χ3n) is 8.61. The molecule has 244 valence electrons. The molecule has 1 saturated carbocycles. The van der Waals surface area contributed by atoms with E-state index in [1.54, 1.807) is 0 Å². The molecule has 14 atom stereocenters. The smallest absolute Gasteiger partial charge is 0.330 e. The van der Waals surface area contributed by atoms with Crippen LogP contribution < -0.4 is 44.8 Å². The third kappa shape index (κ3) is 7.00. The van der Waals surface area contributed by atoms with Gasteiger partial charge >= 0.3 is 5.69 Å². The summed E-state index contributed by atoms with van der Waals surface area (Å²) in [5.74, 6) is -1.26. The van der Waals surface area contributed by atoms with Crippen LogP contribution in [0.4, 0.5) is 0 Å². The Hall–Kier alpha value is -2.33. The van der Waals surface area contributed by atoms with Gasteiger partial charge in [0.05, 0.1) is 24.4 Å². The number of aromatic amines is 1. The molecule has 3 aliphatic rings. The monoisotopic (exact) mass is 616 g/mol. The summed E-state index contributed by atoms with van der Waals surface area (Å²) in [6, 6.07) is -1.74. The molecule has 2 aliphatic heterocycles. The molecule has 18 heteroatoms. The first-order valence-corrected chi connectivity index (χ1v) is 14.4. The summed E-state index contributed by atoms with van der Waals surface area (Å²) in [6.45, 7) is 0.504. The van der Waals surface area contributed by atoms with Crippen molar-refractivity contribution in [3.63, 3.8) is 0 Å². The Balaban J connectivity index is 1.29. The van der Waals surface area contributed by atoms with Crippen molar-refractivity contribution >= 4 is 5.91 Å². The molecule has 1 aliphatic carbocycles. The fourth-order valence-electron chi connectivity index (χ4n) is 6.20. The molecule has 1 aromatic rings. The zero-order chi connectivity index (χ0) is 31.6. The Kier molecular flexibility index (Phi) is 11.1. The van der Waals surface area contributed by atoms with Gasteiger partial charge in [-0.1, -0.05) is 0 Å². The van der Waals surface area contributed by atoms with Gasteiger partial charge in [0.2, 0.25) is 0 Å². The molecule has 1 aromatic heterocycles. The van der Waals surface area contributed by atoms with Gasteiger partial charge in [0, 0.05) is 49.4 Å². The summed E-state index contributed by atoms with van der Waals surface area (Å²) >= 11 is 0. The SMILES string of the molecule is NC[C@H]1O[C@H]([C@H]2[C@@H](NCCCCNC(=O)[C@H]3O[C@@H](n4ccc(=O)[nH]c4=O)[C@H](O)[C@@H]3O)[C@@H](O)[C@H](N)C[C@@H]2N)[C@H](N)[C@@H](O)[C@@H]1O. The van der Waals surface area contributed by atoms with Crippen LogP contribution >= 0.6 is 0 Å². The van der Waals surface area contributed by atoms with Gasteiger partial charge in [-0.05, 0) is 25.8 Å². The Bertz CT molecular complexity index is 1200. The number of rotatable bonds is 10. The van der Waals surface area contributed by atoms with Crippen LogP contribution in [-0.4, -0.2) is 134 Å². The van der Waals surface area contributed by atoms with E-state index in [4.69, 9.17) is 32.4 Å². The number of ether oxygens (including phenoxy) is 2. The number of carbonyl (C=O) groups excluding carboxylic acids is 1. The van der Waals surface area contributed by atoms with Gasteiger partial charge in [-0.25, -0.2) is 4.79 Å². The van der Waals surface area contributed by atoms with E-state index in [0.717, 1.165) is 16.8 Å². The Morgan fingerprint density at radius 2 is 1.65 bits per heavy atom. The van der Waals surface area contributed by atoms with Crippen LogP contribution in [0.1, 0.15) is 25.5 Å². The van der Waals surface area contributed by atoms with Crippen LogP contribution in [0.3, 0.4) is 0 Å². The number of nitrogens with zero attached hydrogens (tertiary/aromatic N) is 1. The lowest BCUT2D eigenvalue weighted by molar-refractivity contribution is -0.199. The largest absolute Gasteiger partial charge is 0.390 e. The average molecular weight is 617 g/mol. The van der Waals surface area contributed by atoms with Crippen LogP contribution in [0.5, 0.6) is 0 Å². The second kappa shape index (κ2) is 14.2. The first kappa shape index (κ1) is 33.6. The standard InChI is InChI=1S/C25H44N8O10/c26-8-11-17(36)18(37)14(29)21(42-11)13-9(27)7-10(28)16(35)15(13)30-4-1-2-5-31-23(40)22-19(38)20(39)24(43-22)33-6-3-12(34)32-25(33)41/h3,6,9-11,13-22,24,30,35-39H,1-2,4-5,7-8,26-29H2,(H,31,40)(H,32,34,41)/t9-,10+,11+,13+,14+,15+,16-,17+,18+,19-,20+,21+,22-,24+/m0/s1. The Morgan fingerprint density at radius 1 is 0.953 bits per heavy atom. The number of nitrogens with one attached hydrogen (secondary N) is 3. The third-order valence-corrected chi connectivity index (χ3v) is 8.61. The van der Waals surface area contributed by atoms with E-state index in [-0.39, 0.29) is 19.5 Å². The number of nitrogens with two attached hydrogens (primary N) is 4. The van der Waals surface area contributed by atoms with Crippen LogP contribution in [-0.2, 0) is 14.3 Å². The second-order valence-corrected chi connectivity index (χ2v) is 11.5. The van der Waals surface area contributed by atoms with E-state index in [9.17, 15) is 39.9 Å². The summed E-state index contributed by atoms with van der Waals surface area (Å²) in [4.78, 5) is 38.0. The fraction of sp³-hybridized carbons (Fsp3) is 0.800. The zero-order valence-electron chi connectivity index (χ0n) is 23.5. The lowest BCUT2D eigenvalue weighted by atomic mass is 9.70. The van der Waals surface area contributed by atoms with Crippen molar-refractivity contribution in [2.45, 2.75) is 98.5 Å². The minimum absolute atomic E-state index is 0.0521. The van der Waals surface area contributed by atoms with Crippen LogP contribution in [0, 0.1) is 5.92 Å². The number of unbranched alkanes of at least 4 members (excludes halogenated alkanes) is 1. The number of carbonyl (C=O) groups is 1. The van der Waals surface area contributed by atoms with E-state index in [1.165, 1.54) is 0 Å². The molecule has 3 fully saturated rings. The number of amides is 1. The van der Waals surface area contributed by atoms with Gasteiger partial charge in [-0.3, -0.25) is 19.1 Å². The molecule has 0 radical (unpaired) electrons. The van der Waals surface area contributed by atoms with Gasteiger partial charge in [0.1, 0.15) is 24.4 Å². The molecule has 4 rings (SSSR count). The summed E-state index contributed by atoms with van der Waals surface area (Å²) in [6.07, 6.45) is -8.90. The lowest BCUT2D eigenvalue weighted by Gasteiger charge is -2.51. The van der Waals surface area contributed by atoms with E-state index in [2.05, 4.69) is 10.6 Å². The summed E-state index contributed by atoms with van der Waals surface area (Å²) in [7, 11) is 0. The normalized spacial score (nSPS) is 41.7. The molecule has 1 amide bonds.